The summed E-state index contributed by atoms with van der Waals surface area (Å²) in [5.74, 6) is 0.598. The molecule has 2 aromatic heterocycles. The van der Waals surface area contributed by atoms with Gasteiger partial charge in [-0.2, -0.15) is 5.10 Å². The Balaban J connectivity index is 0.00000243. The van der Waals surface area contributed by atoms with E-state index in [2.05, 4.69) is 10.1 Å². The highest BCUT2D eigenvalue weighted by Crippen LogP contribution is 2.34. The van der Waals surface area contributed by atoms with Gasteiger partial charge in [-0.1, -0.05) is 17.4 Å². The third-order valence-corrected chi connectivity index (χ3v) is 4.92. The zero-order valence-electron chi connectivity index (χ0n) is 15.2. The predicted molar refractivity (Wildman–Crippen MR) is 107 cm³/mol. The quantitative estimate of drug-likeness (QED) is 0.642. The lowest BCUT2D eigenvalue weighted by Crippen LogP contribution is -2.37. The lowest BCUT2D eigenvalue weighted by molar-refractivity contribution is 0.0976. The number of para-hydroxylation sites is 1. The standard InChI is InChI=1S/C17H21N5O2S.ClH/c1-20(2)10-11-22(16(23)12-8-9-18-21(12)3)17-19-15-13(24-4)6-5-7-14(15)25-17;/h5-9H,10-11H2,1-4H3;1H. The molecule has 0 atom stereocenters. The summed E-state index contributed by atoms with van der Waals surface area (Å²) < 4.78 is 7.96. The van der Waals surface area contributed by atoms with Gasteiger partial charge in [-0.25, -0.2) is 4.98 Å². The molecule has 1 amide bonds. The molecule has 0 saturated heterocycles. The summed E-state index contributed by atoms with van der Waals surface area (Å²) in [6.45, 7) is 1.27. The molecule has 0 saturated carbocycles. The van der Waals surface area contributed by atoms with Crippen molar-refractivity contribution in [2.75, 3.05) is 39.2 Å². The number of rotatable bonds is 6. The van der Waals surface area contributed by atoms with Crippen LogP contribution >= 0.6 is 23.7 Å². The van der Waals surface area contributed by atoms with Gasteiger partial charge < -0.3 is 9.64 Å². The van der Waals surface area contributed by atoms with Crippen molar-refractivity contribution in [1.82, 2.24) is 19.7 Å². The van der Waals surface area contributed by atoms with Crippen molar-refractivity contribution >= 4 is 45.0 Å². The zero-order chi connectivity index (χ0) is 18.0. The molecule has 0 fully saturated rings. The second-order valence-corrected chi connectivity index (χ2v) is 6.91. The molecule has 3 aromatic rings. The van der Waals surface area contributed by atoms with Gasteiger partial charge in [0.1, 0.15) is 17.0 Å². The molecule has 0 aliphatic carbocycles. The summed E-state index contributed by atoms with van der Waals surface area (Å²) in [6.07, 6.45) is 1.62. The second-order valence-electron chi connectivity index (χ2n) is 5.90. The van der Waals surface area contributed by atoms with Gasteiger partial charge in [0.2, 0.25) is 0 Å². The Morgan fingerprint density at radius 3 is 2.65 bits per heavy atom. The molecular weight excluding hydrogens is 374 g/mol. The summed E-state index contributed by atoms with van der Waals surface area (Å²) in [7, 11) is 7.35. The first kappa shape index (κ1) is 20.2. The largest absolute Gasteiger partial charge is 0.494 e. The van der Waals surface area contributed by atoms with Crippen LogP contribution in [0.4, 0.5) is 5.13 Å². The van der Waals surface area contributed by atoms with Gasteiger partial charge in [0.15, 0.2) is 5.13 Å². The van der Waals surface area contributed by atoms with E-state index >= 15 is 0 Å². The van der Waals surface area contributed by atoms with Crippen molar-refractivity contribution in [2.45, 2.75) is 0 Å². The Morgan fingerprint density at radius 1 is 1.27 bits per heavy atom. The molecule has 3 rings (SSSR count). The minimum atomic E-state index is -0.111. The number of fused-ring (bicyclic) bond motifs is 1. The van der Waals surface area contributed by atoms with E-state index in [0.29, 0.717) is 23.1 Å². The monoisotopic (exact) mass is 395 g/mol. The number of likely N-dealkylation sites (N-methyl/N-ethyl adjacent to an activating group) is 1. The van der Waals surface area contributed by atoms with Crippen molar-refractivity contribution < 1.29 is 9.53 Å². The second kappa shape index (κ2) is 8.48. The van der Waals surface area contributed by atoms with E-state index < -0.39 is 0 Å². The van der Waals surface area contributed by atoms with Crippen LogP contribution in [0.2, 0.25) is 0 Å². The number of carbonyl (C=O) groups excluding carboxylic acids is 1. The van der Waals surface area contributed by atoms with Crippen LogP contribution in [0.15, 0.2) is 30.5 Å². The predicted octanol–water partition coefficient (Wildman–Crippen LogP) is 2.67. The van der Waals surface area contributed by atoms with Crippen LogP contribution in [0.3, 0.4) is 0 Å². The molecule has 0 N–H and O–H groups in total. The van der Waals surface area contributed by atoms with E-state index in [1.54, 1.807) is 36.0 Å². The first-order valence-electron chi connectivity index (χ1n) is 7.89. The number of carbonyl (C=O) groups is 1. The lowest BCUT2D eigenvalue weighted by Gasteiger charge is -2.21. The Bertz CT molecular complexity index is 892. The summed E-state index contributed by atoms with van der Waals surface area (Å²) in [4.78, 5) is 21.5. The van der Waals surface area contributed by atoms with Crippen LogP contribution in [-0.2, 0) is 7.05 Å². The molecule has 9 heteroatoms. The first-order chi connectivity index (χ1) is 12.0. The topological polar surface area (TPSA) is 63.5 Å². The number of thiazole rings is 1. The summed E-state index contributed by atoms with van der Waals surface area (Å²) >= 11 is 1.48. The number of hydrogen-bond donors (Lipinski definition) is 0. The number of aryl methyl sites for hydroxylation is 1. The Morgan fingerprint density at radius 2 is 2.04 bits per heavy atom. The maximum absolute atomic E-state index is 13.1. The fourth-order valence-electron chi connectivity index (χ4n) is 2.50. The molecule has 140 valence electrons. The molecule has 1 aromatic carbocycles. The highest BCUT2D eigenvalue weighted by Gasteiger charge is 2.24. The molecule has 0 bridgehead atoms. The van der Waals surface area contributed by atoms with Gasteiger partial charge in [-0.15, -0.1) is 12.4 Å². The van der Waals surface area contributed by atoms with Crippen LogP contribution in [0.25, 0.3) is 10.2 Å². The summed E-state index contributed by atoms with van der Waals surface area (Å²) in [5.41, 5.74) is 1.31. The van der Waals surface area contributed by atoms with Crippen LogP contribution in [0, 0.1) is 0 Å². The molecule has 7 nitrogen and oxygen atoms in total. The van der Waals surface area contributed by atoms with Gasteiger partial charge in [0.25, 0.3) is 5.91 Å². The minimum absolute atomic E-state index is 0. The van der Waals surface area contributed by atoms with Crippen molar-refractivity contribution in [3.8, 4) is 5.75 Å². The lowest BCUT2D eigenvalue weighted by atomic mass is 10.3. The molecule has 0 radical (unpaired) electrons. The Hall–Kier alpha value is -2.16. The minimum Gasteiger partial charge on any atom is -0.494 e. The van der Waals surface area contributed by atoms with Crippen molar-refractivity contribution in [1.29, 1.82) is 0 Å². The van der Waals surface area contributed by atoms with E-state index in [-0.39, 0.29) is 18.3 Å². The SMILES string of the molecule is COc1cccc2sc(N(CCN(C)C)C(=O)c3ccnn3C)nc12.Cl. The molecule has 26 heavy (non-hydrogen) atoms. The van der Waals surface area contributed by atoms with E-state index in [1.165, 1.54) is 11.3 Å². The molecule has 0 unspecified atom stereocenters. The molecule has 0 aliphatic rings. The molecule has 0 spiro atoms. The fraction of sp³-hybridized carbons (Fsp3) is 0.353. The zero-order valence-corrected chi connectivity index (χ0v) is 16.8. The number of aromatic nitrogens is 3. The normalized spacial score (nSPS) is 10.8. The highest BCUT2D eigenvalue weighted by molar-refractivity contribution is 7.22. The number of methoxy groups -OCH3 is 1. The average Bonchev–Trinajstić information content (AvgIpc) is 3.20. The highest BCUT2D eigenvalue weighted by atomic mass is 35.5. The summed E-state index contributed by atoms with van der Waals surface area (Å²) in [5, 5.41) is 4.76. The van der Waals surface area contributed by atoms with Gasteiger partial charge in [0, 0.05) is 26.3 Å². The van der Waals surface area contributed by atoms with Gasteiger partial charge in [-0.3, -0.25) is 14.4 Å². The van der Waals surface area contributed by atoms with Gasteiger partial charge in [0.05, 0.1) is 11.8 Å². The number of amides is 1. The van der Waals surface area contributed by atoms with Crippen molar-refractivity contribution in [3.63, 3.8) is 0 Å². The number of hydrogen-bond acceptors (Lipinski definition) is 6. The van der Waals surface area contributed by atoms with Crippen molar-refractivity contribution in [2.24, 2.45) is 7.05 Å². The van der Waals surface area contributed by atoms with Crippen molar-refractivity contribution in [3.05, 3.63) is 36.2 Å². The molecule has 2 heterocycles. The van der Waals surface area contributed by atoms with E-state index in [9.17, 15) is 4.79 Å². The number of benzene rings is 1. The van der Waals surface area contributed by atoms with E-state index in [4.69, 9.17) is 4.74 Å². The average molecular weight is 396 g/mol. The van der Waals surface area contributed by atoms with Crippen LogP contribution in [0.1, 0.15) is 10.5 Å². The third kappa shape index (κ3) is 3.98. The first-order valence-corrected chi connectivity index (χ1v) is 8.71. The number of anilines is 1. The van der Waals surface area contributed by atoms with Gasteiger partial charge >= 0.3 is 0 Å². The maximum atomic E-state index is 13.1. The number of halogens is 1. The number of nitrogens with zero attached hydrogens (tertiary/aromatic N) is 5. The molecule has 0 aliphatic heterocycles. The molecular formula is C17H22ClN5O2S. The van der Waals surface area contributed by atoms with Crippen LogP contribution in [0.5, 0.6) is 5.75 Å². The summed E-state index contributed by atoms with van der Waals surface area (Å²) in [6, 6.07) is 7.51. The van der Waals surface area contributed by atoms with E-state index in [1.807, 2.05) is 37.2 Å². The third-order valence-electron chi connectivity index (χ3n) is 3.88. The fourth-order valence-corrected chi connectivity index (χ4v) is 3.51. The number of ether oxygens (including phenoxy) is 1. The maximum Gasteiger partial charge on any atom is 0.278 e. The van der Waals surface area contributed by atoms with E-state index in [0.717, 1.165) is 16.8 Å². The van der Waals surface area contributed by atoms with Crippen LogP contribution < -0.4 is 9.64 Å². The van der Waals surface area contributed by atoms with Gasteiger partial charge in [-0.05, 0) is 32.3 Å². The van der Waals surface area contributed by atoms with Crippen LogP contribution in [-0.4, -0.2) is 59.9 Å². The Labute approximate surface area is 162 Å². The Kier molecular flexibility index (Phi) is 6.57. The smallest absolute Gasteiger partial charge is 0.278 e.